The van der Waals surface area contributed by atoms with Gasteiger partial charge in [0.05, 0.1) is 16.0 Å². The number of nitrogens with one attached hydrogen (secondary N) is 1. The summed E-state index contributed by atoms with van der Waals surface area (Å²) in [7, 11) is -4.51. The molecule has 1 N–H and O–H groups in total. The second-order valence-electron chi connectivity index (χ2n) is 6.23. The van der Waals surface area contributed by atoms with E-state index < -0.39 is 44.4 Å². The highest BCUT2D eigenvalue weighted by molar-refractivity contribution is 7.89. The molecule has 1 fully saturated rings. The van der Waals surface area contributed by atoms with E-state index in [0.29, 0.717) is 6.42 Å². The van der Waals surface area contributed by atoms with Gasteiger partial charge in [-0.05, 0) is 37.0 Å². The second kappa shape index (κ2) is 6.79. The second-order valence-corrected chi connectivity index (χ2v) is 7.95. The van der Waals surface area contributed by atoms with Crippen LogP contribution in [0.4, 0.5) is 26.3 Å². The van der Waals surface area contributed by atoms with Crippen LogP contribution in [-0.4, -0.2) is 14.5 Å². The Balaban J connectivity index is 2.45. The summed E-state index contributed by atoms with van der Waals surface area (Å²) in [5.41, 5.74) is -3.31. The van der Waals surface area contributed by atoms with Gasteiger partial charge >= 0.3 is 12.4 Å². The van der Waals surface area contributed by atoms with Crippen LogP contribution in [0.1, 0.15) is 43.7 Å². The highest BCUT2D eigenvalue weighted by Crippen LogP contribution is 2.37. The minimum Gasteiger partial charge on any atom is -0.208 e. The van der Waals surface area contributed by atoms with E-state index in [9.17, 15) is 34.8 Å². The number of alkyl halides is 6. The zero-order valence-corrected chi connectivity index (χ0v) is 14.0. The molecule has 0 saturated heterocycles. The molecular weight excluding hydrogens is 372 g/mol. The fourth-order valence-electron chi connectivity index (χ4n) is 2.84. The molecule has 0 aliphatic heterocycles. The summed E-state index contributed by atoms with van der Waals surface area (Å²) in [5, 5.41) is 0. The Morgan fingerprint density at radius 3 is 1.84 bits per heavy atom. The third-order valence-corrected chi connectivity index (χ3v) is 5.76. The SMILES string of the molecule is C[C@@H]1CCCC[C@H]1NS(=O)(=O)c1cc(C(F)(F)F)cc(C(F)(F)F)c1. The van der Waals surface area contributed by atoms with Crippen LogP contribution in [0, 0.1) is 5.92 Å². The lowest BCUT2D eigenvalue weighted by Crippen LogP contribution is -2.41. The van der Waals surface area contributed by atoms with Crippen LogP contribution in [0.5, 0.6) is 0 Å². The number of halogens is 6. The molecule has 142 valence electrons. The molecule has 0 spiro atoms. The van der Waals surface area contributed by atoms with E-state index in [1.54, 1.807) is 6.92 Å². The number of sulfonamides is 1. The molecule has 0 unspecified atom stereocenters. The Hall–Kier alpha value is -1.29. The van der Waals surface area contributed by atoms with Crippen molar-refractivity contribution >= 4 is 10.0 Å². The summed E-state index contributed by atoms with van der Waals surface area (Å²) >= 11 is 0. The Kier molecular flexibility index (Phi) is 5.44. The number of hydrogen-bond donors (Lipinski definition) is 1. The molecule has 0 amide bonds. The summed E-state index contributed by atoms with van der Waals surface area (Å²) in [6, 6.07) is -0.152. The van der Waals surface area contributed by atoms with Gasteiger partial charge in [0.15, 0.2) is 0 Å². The van der Waals surface area contributed by atoms with Crippen LogP contribution in [-0.2, 0) is 22.4 Å². The molecule has 0 aromatic heterocycles. The van der Waals surface area contributed by atoms with Crippen molar-refractivity contribution in [2.24, 2.45) is 5.92 Å². The van der Waals surface area contributed by atoms with Crippen LogP contribution in [0.25, 0.3) is 0 Å². The molecule has 10 heteroatoms. The molecule has 1 aromatic rings. The normalized spacial score (nSPS) is 22.8. The average molecular weight is 389 g/mol. The van der Waals surface area contributed by atoms with E-state index in [1.807, 2.05) is 0 Å². The summed E-state index contributed by atoms with van der Waals surface area (Å²) < 4.78 is 104. The van der Waals surface area contributed by atoms with Gasteiger partial charge in [0.2, 0.25) is 10.0 Å². The van der Waals surface area contributed by atoms with Crippen LogP contribution in [0.3, 0.4) is 0 Å². The summed E-state index contributed by atoms with van der Waals surface area (Å²) in [6.45, 7) is 1.79. The molecule has 1 saturated carbocycles. The molecule has 3 nitrogen and oxygen atoms in total. The molecule has 0 bridgehead atoms. The first kappa shape index (κ1) is 20.0. The molecule has 2 atom stereocenters. The van der Waals surface area contributed by atoms with Gasteiger partial charge in [0.1, 0.15) is 0 Å². The molecular formula is C15H17F6NO2S. The average Bonchev–Trinajstić information content (AvgIpc) is 2.47. The van der Waals surface area contributed by atoms with Crippen molar-refractivity contribution in [3.05, 3.63) is 29.3 Å². The van der Waals surface area contributed by atoms with Crippen LogP contribution in [0.15, 0.2) is 23.1 Å². The van der Waals surface area contributed by atoms with Gasteiger partial charge in [0.25, 0.3) is 0 Å². The van der Waals surface area contributed by atoms with Gasteiger partial charge in [-0.2, -0.15) is 26.3 Å². The highest BCUT2D eigenvalue weighted by Gasteiger charge is 2.38. The van der Waals surface area contributed by atoms with E-state index in [-0.39, 0.29) is 24.1 Å². The maximum absolute atomic E-state index is 12.9. The lowest BCUT2D eigenvalue weighted by atomic mass is 9.87. The largest absolute Gasteiger partial charge is 0.416 e. The maximum atomic E-state index is 12.9. The predicted octanol–water partition coefficient (Wildman–Crippen LogP) is 4.58. The Labute approximate surface area is 141 Å². The first-order chi connectivity index (χ1) is 11.3. The lowest BCUT2D eigenvalue weighted by Gasteiger charge is -2.29. The third kappa shape index (κ3) is 4.87. The van der Waals surface area contributed by atoms with Gasteiger partial charge in [0, 0.05) is 6.04 Å². The lowest BCUT2D eigenvalue weighted by molar-refractivity contribution is -0.143. The molecule has 0 radical (unpaired) electrons. The first-order valence-corrected chi connectivity index (χ1v) is 9.11. The number of rotatable bonds is 3. The highest BCUT2D eigenvalue weighted by atomic mass is 32.2. The van der Waals surface area contributed by atoms with E-state index in [2.05, 4.69) is 4.72 Å². The molecule has 1 aromatic carbocycles. The summed E-state index contributed by atoms with van der Waals surface area (Å²) in [6.07, 6.45) is -7.31. The van der Waals surface area contributed by atoms with Gasteiger partial charge in [-0.15, -0.1) is 0 Å². The van der Waals surface area contributed by atoms with Gasteiger partial charge in [-0.25, -0.2) is 13.1 Å². The monoisotopic (exact) mass is 389 g/mol. The molecule has 2 rings (SSSR count). The third-order valence-electron chi connectivity index (χ3n) is 4.29. The standard InChI is InChI=1S/C15H17F6NO2S/c1-9-4-2-3-5-13(9)22-25(23,24)12-7-10(14(16,17)18)6-11(8-12)15(19,20)21/h6-9,13,22H,2-5H2,1H3/t9-,13-/m1/s1. The Morgan fingerprint density at radius 1 is 0.920 bits per heavy atom. The Bertz CT molecular complexity index is 694. The first-order valence-electron chi connectivity index (χ1n) is 7.62. The van der Waals surface area contributed by atoms with Crippen LogP contribution in [0.2, 0.25) is 0 Å². The number of hydrogen-bond acceptors (Lipinski definition) is 2. The fraction of sp³-hybridized carbons (Fsp3) is 0.600. The van der Waals surface area contributed by atoms with Crippen molar-refractivity contribution in [1.29, 1.82) is 0 Å². The van der Waals surface area contributed by atoms with E-state index in [4.69, 9.17) is 0 Å². The van der Waals surface area contributed by atoms with Crippen molar-refractivity contribution in [1.82, 2.24) is 4.72 Å². The van der Waals surface area contributed by atoms with Crippen LogP contribution >= 0.6 is 0 Å². The maximum Gasteiger partial charge on any atom is 0.416 e. The summed E-state index contributed by atoms with van der Waals surface area (Å²) in [5.74, 6) is -0.0450. The van der Waals surface area contributed by atoms with E-state index in [0.717, 1.165) is 19.3 Å². The molecule has 25 heavy (non-hydrogen) atoms. The van der Waals surface area contributed by atoms with Crippen molar-refractivity contribution in [3.63, 3.8) is 0 Å². The van der Waals surface area contributed by atoms with Crippen molar-refractivity contribution in [2.45, 2.75) is 55.9 Å². The zero-order chi connectivity index (χ0) is 19.0. The predicted molar refractivity (Wildman–Crippen MR) is 78.2 cm³/mol. The number of benzene rings is 1. The topological polar surface area (TPSA) is 46.2 Å². The minimum atomic E-state index is -5.09. The van der Waals surface area contributed by atoms with Crippen molar-refractivity contribution in [3.8, 4) is 0 Å². The quantitative estimate of drug-likeness (QED) is 0.769. The minimum absolute atomic E-state index is 0.0450. The molecule has 0 heterocycles. The zero-order valence-electron chi connectivity index (χ0n) is 13.2. The van der Waals surface area contributed by atoms with Crippen molar-refractivity contribution in [2.75, 3.05) is 0 Å². The summed E-state index contributed by atoms with van der Waals surface area (Å²) in [4.78, 5) is -1.03. The smallest absolute Gasteiger partial charge is 0.208 e. The van der Waals surface area contributed by atoms with E-state index in [1.165, 1.54) is 0 Å². The van der Waals surface area contributed by atoms with Crippen molar-refractivity contribution < 1.29 is 34.8 Å². The Morgan fingerprint density at radius 2 is 1.40 bits per heavy atom. The molecule has 1 aliphatic rings. The molecule has 1 aliphatic carbocycles. The van der Waals surface area contributed by atoms with Gasteiger partial charge in [-0.3, -0.25) is 0 Å². The van der Waals surface area contributed by atoms with Gasteiger partial charge < -0.3 is 0 Å². The van der Waals surface area contributed by atoms with E-state index >= 15 is 0 Å². The van der Waals surface area contributed by atoms with Gasteiger partial charge in [-0.1, -0.05) is 19.8 Å². The van der Waals surface area contributed by atoms with Crippen LogP contribution < -0.4 is 4.72 Å². The fourth-order valence-corrected chi connectivity index (χ4v) is 4.29.